The number of aryl methyl sites for hydroxylation is 2. The molecular formula is C16H31N3. The Hall–Kier alpha value is -0.830. The van der Waals surface area contributed by atoms with Gasteiger partial charge in [-0.3, -0.25) is 4.68 Å². The molecule has 0 saturated carbocycles. The summed E-state index contributed by atoms with van der Waals surface area (Å²) in [6, 6.07) is 2.25. The van der Waals surface area contributed by atoms with Crippen molar-refractivity contribution < 1.29 is 0 Å². The van der Waals surface area contributed by atoms with Crippen molar-refractivity contribution in [3.63, 3.8) is 0 Å². The van der Waals surface area contributed by atoms with Crippen molar-refractivity contribution >= 4 is 0 Å². The van der Waals surface area contributed by atoms with E-state index in [0.717, 1.165) is 37.7 Å². The first-order valence-electron chi connectivity index (χ1n) is 7.80. The van der Waals surface area contributed by atoms with Crippen molar-refractivity contribution in [3.05, 3.63) is 17.5 Å². The molecule has 0 aliphatic heterocycles. The number of nitrogens with zero attached hydrogens (tertiary/aromatic N) is 2. The molecule has 0 aliphatic carbocycles. The lowest BCUT2D eigenvalue weighted by molar-refractivity contribution is 0.376. The van der Waals surface area contributed by atoms with Crippen LogP contribution >= 0.6 is 0 Å². The van der Waals surface area contributed by atoms with E-state index in [1.807, 2.05) is 0 Å². The van der Waals surface area contributed by atoms with Gasteiger partial charge in [-0.05, 0) is 64.1 Å². The molecule has 1 rings (SSSR count). The lowest BCUT2D eigenvalue weighted by atomic mass is 9.92. The summed E-state index contributed by atoms with van der Waals surface area (Å²) >= 11 is 0. The third kappa shape index (κ3) is 5.77. The van der Waals surface area contributed by atoms with Crippen LogP contribution in [0.3, 0.4) is 0 Å². The predicted octanol–water partition coefficient (Wildman–Crippen LogP) is 3.42. The number of hydrogen-bond donors (Lipinski definition) is 1. The van der Waals surface area contributed by atoms with Crippen molar-refractivity contribution in [1.29, 1.82) is 0 Å². The van der Waals surface area contributed by atoms with Crippen LogP contribution in [-0.4, -0.2) is 22.9 Å². The average molecular weight is 265 g/mol. The minimum absolute atomic E-state index is 0.716. The standard InChI is InChI=1S/C16H31N3/c1-6-8-17-12-15(9-13(3)4)11-16-10-14(5)18-19(16)7-2/h10,13,15,17H,6-9,11-12H2,1-5H3. The molecule has 1 aromatic rings. The first kappa shape index (κ1) is 16.2. The largest absolute Gasteiger partial charge is 0.316 e. The molecule has 0 spiro atoms. The van der Waals surface area contributed by atoms with Crippen LogP contribution in [0, 0.1) is 18.8 Å². The van der Waals surface area contributed by atoms with E-state index in [4.69, 9.17) is 0 Å². The van der Waals surface area contributed by atoms with E-state index < -0.39 is 0 Å². The minimum atomic E-state index is 0.716. The summed E-state index contributed by atoms with van der Waals surface area (Å²) in [6.07, 6.45) is 3.63. The van der Waals surface area contributed by atoms with Gasteiger partial charge in [-0.1, -0.05) is 20.8 Å². The second-order valence-electron chi connectivity index (χ2n) is 6.00. The van der Waals surface area contributed by atoms with E-state index >= 15 is 0 Å². The number of hydrogen-bond acceptors (Lipinski definition) is 2. The Bertz CT molecular complexity index is 355. The minimum Gasteiger partial charge on any atom is -0.316 e. The van der Waals surface area contributed by atoms with Crippen LogP contribution in [0.25, 0.3) is 0 Å². The Labute approximate surface area is 118 Å². The van der Waals surface area contributed by atoms with Gasteiger partial charge in [0.1, 0.15) is 0 Å². The molecule has 0 radical (unpaired) electrons. The van der Waals surface area contributed by atoms with Gasteiger partial charge in [-0.2, -0.15) is 5.10 Å². The highest BCUT2D eigenvalue weighted by atomic mass is 15.3. The highest BCUT2D eigenvalue weighted by Crippen LogP contribution is 2.17. The maximum absolute atomic E-state index is 4.55. The summed E-state index contributed by atoms with van der Waals surface area (Å²) in [5.74, 6) is 1.47. The summed E-state index contributed by atoms with van der Waals surface area (Å²) in [5, 5.41) is 8.13. The summed E-state index contributed by atoms with van der Waals surface area (Å²) < 4.78 is 2.16. The Morgan fingerprint density at radius 2 is 2.05 bits per heavy atom. The normalized spacial score (nSPS) is 13.2. The molecule has 1 atom stereocenters. The summed E-state index contributed by atoms with van der Waals surface area (Å²) in [7, 11) is 0. The summed E-state index contributed by atoms with van der Waals surface area (Å²) in [4.78, 5) is 0. The van der Waals surface area contributed by atoms with Crippen molar-refractivity contribution in [3.8, 4) is 0 Å². The number of nitrogens with one attached hydrogen (secondary N) is 1. The maximum Gasteiger partial charge on any atom is 0.0596 e. The molecule has 3 nitrogen and oxygen atoms in total. The van der Waals surface area contributed by atoms with Crippen LogP contribution in [0.4, 0.5) is 0 Å². The fourth-order valence-corrected chi connectivity index (χ4v) is 2.72. The second-order valence-corrected chi connectivity index (χ2v) is 6.00. The Morgan fingerprint density at radius 1 is 1.32 bits per heavy atom. The third-order valence-corrected chi connectivity index (χ3v) is 3.45. The van der Waals surface area contributed by atoms with Crippen LogP contribution in [0.2, 0.25) is 0 Å². The molecule has 0 saturated heterocycles. The molecule has 0 amide bonds. The fraction of sp³-hybridized carbons (Fsp3) is 0.812. The van der Waals surface area contributed by atoms with E-state index in [0.29, 0.717) is 5.92 Å². The summed E-state index contributed by atoms with van der Waals surface area (Å²) in [6.45, 7) is 14.3. The molecule has 1 unspecified atom stereocenters. The maximum atomic E-state index is 4.55. The topological polar surface area (TPSA) is 29.9 Å². The first-order chi connectivity index (χ1) is 9.06. The van der Waals surface area contributed by atoms with Crippen LogP contribution in [0.5, 0.6) is 0 Å². The number of rotatable bonds is 9. The van der Waals surface area contributed by atoms with Crippen molar-refractivity contribution in [2.75, 3.05) is 13.1 Å². The fourth-order valence-electron chi connectivity index (χ4n) is 2.72. The zero-order valence-corrected chi connectivity index (χ0v) is 13.4. The van der Waals surface area contributed by atoms with E-state index in [1.165, 1.54) is 18.5 Å². The monoisotopic (exact) mass is 265 g/mol. The Kier molecular flexibility index (Phi) is 7.14. The quantitative estimate of drug-likeness (QED) is 0.693. The molecule has 0 bridgehead atoms. The van der Waals surface area contributed by atoms with Crippen LogP contribution in [0.1, 0.15) is 51.9 Å². The zero-order chi connectivity index (χ0) is 14.3. The van der Waals surface area contributed by atoms with Gasteiger partial charge in [0, 0.05) is 12.2 Å². The van der Waals surface area contributed by atoms with E-state index in [1.54, 1.807) is 0 Å². The van der Waals surface area contributed by atoms with E-state index in [2.05, 4.69) is 55.8 Å². The molecule has 110 valence electrons. The zero-order valence-electron chi connectivity index (χ0n) is 13.4. The molecule has 3 heteroatoms. The van der Waals surface area contributed by atoms with Gasteiger partial charge in [-0.15, -0.1) is 0 Å². The summed E-state index contributed by atoms with van der Waals surface area (Å²) in [5.41, 5.74) is 2.53. The molecule has 1 heterocycles. The highest BCUT2D eigenvalue weighted by Gasteiger charge is 2.14. The van der Waals surface area contributed by atoms with Crippen LogP contribution in [0.15, 0.2) is 6.07 Å². The SMILES string of the molecule is CCCNCC(Cc1cc(C)nn1CC)CC(C)C. The van der Waals surface area contributed by atoms with Gasteiger partial charge < -0.3 is 5.32 Å². The van der Waals surface area contributed by atoms with Crippen molar-refractivity contribution in [2.24, 2.45) is 11.8 Å². The van der Waals surface area contributed by atoms with Gasteiger partial charge in [0.05, 0.1) is 5.69 Å². The lowest BCUT2D eigenvalue weighted by Gasteiger charge is -2.20. The lowest BCUT2D eigenvalue weighted by Crippen LogP contribution is -2.26. The molecule has 19 heavy (non-hydrogen) atoms. The average Bonchev–Trinajstić information content (AvgIpc) is 2.69. The van der Waals surface area contributed by atoms with E-state index in [9.17, 15) is 0 Å². The predicted molar refractivity (Wildman–Crippen MR) is 82.4 cm³/mol. The van der Waals surface area contributed by atoms with Gasteiger partial charge in [0.25, 0.3) is 0 Å². The Morgan fingerprint density at radius 3 is 2.63 bits per heavy atom. The Balaban J connectivity index is 2.63. The van der Waals surface area contributed by atoms with Crippen molar-refractivity contribution in [1.82, 2.24) is 15.1 Å². The molecule has 1 N–H and O–H groups in total. The van der Waals surface area contributed by atoms with Gasteiger partial charge in [0.15, 0.2) is 0 Å². The van der Waals surface area contributed by atoms with Crippen LogP contribution in [-0.2, 0) is 13.0 Å². The van der Waals surface area contributed by atoms with Crippen LogP contribution < -0.4 is 5.32 Å². The highest BCUT2D eigenvalue weighted by molar-refractivity contribution is 5.09. The van der Waals surface area contributed by atoms with Gasteiger partial charge >= 0.3 is 0 Å². The molecule has 0 aromatic carbocycles. The molecular weight excluding hydrogens is 234 g/mol. The van der Waals surface area contributed by atoms with Crippen molar-refractivity contribution in [2.45, 2.75) is 60.4 Å². The van der Waals surface area contributed by atoms with E-state index in [-0.39, 0.29) is 0 Å². The third-order valence-electron chi connectivity index (χ3n) is 3.45. The van der Waals surface area contributed by atoms with Gasteiger partial charge in [-0.25, -0.2) is 0 Å². The molecule has 0 fully saturated rings. The number of aromatic nitrogens is 2. The van der Waals surface area contributed by atoms with Gasteiger partial charge in [0.2, 0.25) is 0 Å². The second kappa shape index (κ2) is 8.36. The smallest absolute Gasteiger partial charge is 0.0596 e. The molecule has 1 aromatic heterocycles. The first-order valence-corrected chi connectivity index (χ1v) is 7.80. The molecule has 0 aliphatic rings.